The number of hydrogen-bond acceptors (Lipinski definition) is 4. The molecule has 6 heteroatoms. The fourth-order valence-corrected chi connectivity index (χ4v) is 3.43. The number of nitrogens with one attached hydrogen (secondary N) is 1. The van der Waals surface area contributed by atoms with Gasteiger partial charge in [0.05, 0.1) is 18.1 Å². The summed E-state index contributed by atoms with van der Waals surface area (Å²) in [5, 5.41) is 2.90. The molecule has 0 saturated heterocycles. The predicted octanol–water partition coefficient (Wildman–Crippen LogP) is 5.45. The minimum Gasteiger partial charge on any atom is -0.456 e. The number of ether oxygens (including phenoxy) is 1. The Labute approximate surface area is 181 Å². The average Bonchev–Trinajstić information content (AvgIpc) is 3.11. The van der Waals surface area contributed by atoms with E-state index >= 15 is 0 Å². The minimum absolute atomic E-state index is 0.256. The molecule has 31 heavy (non-hydrogen) atoms. The summed E-state index contributed by atoms with van der Waals surface area (Å²) in [7, 11) is 1.90. The van der Waals surface area contributed by atoms with Crippen LogP contribution in [0.15, 0.2) is 67.1 Å². The van der Waals surface area contributed by atoms with E-state index in [9.17, 15) is 4.79 Å². The lowest BCUT2D eigenvalue weighted by atomic mass is 9.99. The van der Waals surface area contributed by atoms with Crippen LogP contribution >= 0.6 is 0 Å². The maximum absolute atomic E-state index is 12.9. The van der Waals surface area contributed by atoms with E-state index in [4.69, 9.17) is 4.74 Å². The van der Waals surface area contributed by atoms with Crippen LogP contribution in [0.5, 0.6) is 11.5 Å². The Hall–Kier alpha value is -3.93. The minimum atomic E-state index is -0.256. The highest BCUT2D eigenvalue weighted by atomic mass is 16.5. The highest BCUT2D eigenvalue weighted by molar-refractivity contribution is 6.03. The number of carbonyl (C=O) groups is 1. The Kier molecular flexibility index (Phi) is 5.54. The standard InChI is InChI=1S/C25H24N4O2/c1-16-11-18(3)22(12-17(16)2)23-15-27-25(29(23)4)28-24(30)19-7-5-8-20(13-19)31-21-9-6-10-26-14-21/h5-15H,1-4H3,(H,27,28,30). The molecule has 2 aromatic carbocycles. The van der Waals surface area contributed by atoms with E-state index in [1.165, 1.54) is 16.7 Å². The van der Waals surface area contributed by atoms with Crippen molar-refractivity contribution in [3.05, 3.63) is 89.4 Å². The number of aryl methyl sites for hydroxylation is 3. The molecule has 0 unspecified atom stereocenters. The van der Waals surface area contributed by atoms with Crippen LogP contribution < -0.4 is 10.1 Å². The van der Waals surface area contributed by atoms with Crippen molar-refractivity contribution in [1.82, 2.24) is 14.5 Å². The number of anilines is 1. The molecule has 0 aliphatic heterocycles. The van der Waals surface area contributed by atoms with Crippen LogP contribution in [0, 0.1) is 20.8 Å². The number of nitrogens with zero attached hydrogens (tertiary/aromatic N) is 3. The van der Waals surface area contributed by atoms with Crippen molar-refractivity contribution in [3.63, 3.8) is 0 Å². The van der Waals surface area contributed by atoms with E-state index in [0.717, 1.165) is 11.3 Å². The van der Waals surface area contributed by atoms with E-state index in [1.807, 2.05) is 17.7 Å². The molecule has 4 rings (SSSR count). The largest absolute Gasteiger partial charge is 0.456 e. The molecule has 0 radical (unpaired) electrons. The third-order valence-corrected chi connectivity index (χ3v) is 5.30. The third-order valence-electron chi connectivity index (χ3n) is 5.30. The molecule has 1 amide bonds. The Morgan fingerprint density at radius 1 is 0.935 bits per heavy atom. The Morgan fingerprint density at radius 3 is 2.48 bits per heavy atom. The Balaban J connectivity index is 1.55. The van der Waals surface area contributed by atoms with Crippen molar-refractivity contribution in [2.45, 2.75) is 20.8 Å². The molecule has 2 heterocycles. The molecular weight excluding hydrogens is 388 g/mol. The summed E-state index contributed by atoms with van der Waals surface area (Å²) in [5.74, 6) is 1.40. The Morgan fingerprint density at radius 2 is 1.71 bits per heavy atom. The lowest BCUT2D eigenvalue weighted by Crippen LogP contribution is -2.15. The predicted molar refractivity (Wildman–Crippen MR) is 122 cm³/mol. The maximum atomic E-state index is 12.9. The molecule has 0 aliphatic carbocycles. The fourth-order valence-electron chi connectivity index (χ4n) is 3.43. The third kappa shape index (κ3) is 4.33. The molecule has 4 aromatic rings. The smallest absolute Gasteiger partial charge is 0.258 e. The summed E-state index contributed by atoms with van der Waals surface area (Å²) in [6.45, 7) is 6.28. The molecule has 0 aliphatic rings. The van der Waals surface area contributed by atoms with Gasteiger partial charge < -0.3 is 9.30 Å². The first-order valence-corrected chi connectivity index (χ1v) is 10.0. The molecule has 0 atom stereocenters. The number of benzene rings is 2. The summed E-state index contributed by atoms with van der Waals surface area (Å²) >= 11 is 0. The van der Waals surface area contributed by atoms with E-state index in [0.29, 0.717) is 23.0 Å². The highest BCUT2D eigenvalue weighted by Crippen LogP contribution is 2.28. The zero-order valence-corrected chi connectivity index (χ0v) is 18.0. The van der Waals surface area contributed by atoms with Gasteiger partial charge >= 0.3 is 0 Å². The van der Waals surface area contributed by atoms with Crippen molar-refractivity contribution in [3.8, 4) is 22.8 Å². The molecule has 2 aromatic heterocycles. The monoisotopic (exact) mass is 412 g/mol. The molecule has 0 fully saturated rings. The molecule has 0 bridgehead atoms. The van der Waals surface area contributed by atoms with Gasteiger partial charge in [0.2, 0.25) is 5.95 Å². The number of amides is 1. The first-order valence-electron chi connectivity index (χ1n) is 10.0. The number of pyridine rings is 1. The van der Waals surface area contributed by atoms with Crippen molar-refractivity contribution >= 4 is 11.9 Å². The van der Waals surface area contributed by atoms with Crippen LogP contribution in [0.25, 0.3) is 11.3 Å². The van der Waals surface area contributed by atoms with Gasteiger partial charge in [0.15, 0.2) is 0 Å². The van der Waals surface area contributed by atoms with Crippen molar-refractivity contribution in [2.75, 3.05) is 5.32 Å². The number of imidazole rings is 1. The van der Waals surface area contributed by atoms with Gasteiger partial charge in [-0.15, -0.1) is 0 Å². The van der Waals surface area contributed by atoms with Crippen molar-refractivity contribution < 1.29 is 9.53 Å². The van der Waals surface area contributed by atoms with Gasteiger partial charge in [0.1, 0.15) is 11.5 Å². The summed E-state index contributed by atoms with van der Waals surface area (Å²) in [6.07, 6.45) is 5.09. The van der Waals surface area contributed by atoms with E-state index in [2.05, 4.69) is 48.2 Å². The van der Waals surface area contributed by atoms with Crippen molar-refractivity contribution in [1.29, 1.82) is 0 Å². The number of carbonyl (C=O) groups excluding carboxylic acids is 1. The van der Waals surface area contributed by atoms with Crippen LogP contribution in [0.3, 0.4) is 0 Å². The van der Waals surface area contributed by atoms with E-state index < -0.39 is 0 Å². The maximum Gasteiger partial charge on any atom is 0.258 e. The first kappa shape index (κ1) is 20.3. The van der Waals surface area contributed by atoms with Crippen LogP contribution in [0.2, 0.25) is 0 Å². The SMILES string of the molecule is Cc1cc(C)c(-c2cnc(NC(=O)c3cccc(Oc4cccnc4)c3)n2C)cc1C. The van der Waals surface area contributed by atoms with Crippen molar-refractivity contribution in [2.24, 2.45) is 7.05 Å². The normalized spacial score (nSPS) is 10.7. The fraction of sp³-hybridized carbons (Fsp3) is 0.160. The summed E-state index contributed by atoms with van der Waals surface area (Å²) in [6, 6.07) is 14.9. The van der Waals surface area contributed by atoms with Gasteiger partial charge in [-0.1, -0.05) is 12.1 Å². The van der Waals surface area contributed by atoms with Crippen LogP contribution in [-0.4, -0.2) is 20.4 Å². The lowest BCUT2D eigenvalue weighted by molar-refractivity contribution is 0.102. The second-order valence-electron chi connectivity index (χ2n) is 7.55. The molecular formula is C25H24N4O2. The topological polar surface area (TPSA) is 69.0 Å². The van der Waals surface area contributed by atoms with Crippen LogP contribution in [0.4, 0.5) is 5.95 Å². The van der Waals surface area contributed by atoms with Gasteiger partial charge in [-0.3, -0.25) is 15.1 Å². The summed E-state index contributed by atoms with van der Waals surface area (Å²) in [5.41, 5.74) is 6.18. The van der Waals surface area contributed by atoms with Gasteiger partial charge in [-0.2, -0.15) is 0 Å². The molecule has 1 N–H and O–H groups in total. The van der Waals surface area contributed by atoms with Gasteiger partial charge in [0, 0.05) is 24.4 Å². The quantitative estimate of drug-likeness (QED) is 0.473. The highest BCUT2D eigenvalue weighted by Gasteiger charge is 2.15. The zero-order valence-electron chi connectivity index (χ0n) is 18.0. The second kappa shape index (κ2) is 8.44. The summed E-state index contributed by atoms with van der Waals surface area (Å²) in [4.78, 5) is 21.3. The van der Waals surface area contributed by atoms with Crippen LogP contribution in [-0.2, 0) is 7.05 Å². The van der Waals surface area contributed by atoms with Gasteiger partial charge in [-0.05, 0) is 73.9 Å². The molecule has 156 valence electrons. The summed E-state index contributed by atoms with van der Waals surface area (Å²) < 4.78 is 7.67. The van der Waals surface area contributed by atoms with Gasteiger partial charge in [0.25, 0.3) is 5.91 Å². The average molecular weight is 412 g/mol. The molecule has 0 saturated carbocycles. The lowest BCUT2D eigenvalue weighted by Gasteiger charge is -2.12. The Bertz CT molecular complexity index is 1250. The number of hydrogen-bond donors (Lipinski definition) is 1. The molecule has 6 nitrogen and oxygen atoms in total. The number of aromatic nitrogens is 3. The van der Waals surface area contributed by atoms with E-state index in [1.54, 1.807) is 48.9 Å². The van der Waals surface area contributed by atoms with E-state index in [-0.39, 0.29) is 5.91 Å². The molecule has 0 spiro atoms. The second-order valence-corrected chi connectivity index (χ2v) is 7.55. The first-order chi connectivity index (χ1) is 14.9. The van der Waals surface area contributed by atoms with Crippen LogP contribution in [0.1, 0.15) is 27.0 Å². The van der Waals surface area contributed by atoms with Gasteiger partial charge in [-0.25, -0.2) is 4.98 Å². The number of rotatable bonds is 5. The zero-order chi connectivity index (χ0) is 22.0.